The third-order valence-electron chi connectivity index (χ3n) is 6.42. The summed E-state index contributed by atoms with van der Waals surface area (Å²) in [4.78, 5) is 41.5. The molecule has 8 nitrogen and oxygen atoms in total. The van der Waals surface area contributed by atoms with Crippen molar-refractivity contribution in [2.45, 2.75) is 25.1 Å². The second kappa shape index (κ2) is 12.6. The number of hydrogen-bond donors (Lipinski definition) is 1. The van der Waals surface area contributed by atoms with Gasteiger partial charge in [-0.3, -0.25) is 14.4 Å². The van der Waals surface area contributed by atoms with E-state index in [1.165, 1.54) is 4.90 Å². The number of carbonyl (C=O) groups excluding carboxylic acids is 2. The molecule has 4 rings (SSSR count). The van der Waals surface area contributed by atoms with Gasteiger partial charge < -0.3 is 24.4 Å². The van der Waals surface area contributed by atoms with Crippen molar-refractivity contribution in [2.75, 3.05) is 26.8 Å². The molecule has 1 aliphatic heterocycles. The van der Waals surface area contributed by atoms with E-state index in [9.17, 15) is 19.5 Å². The van der Waals surface area contributed by atoms with Crippen LogP contribution in [0.15, 0.2) is 78.9 Å². The van der Waals surface area contributed by atoms with Crippen molar-refractivity contribution in [1.82, 2.24) is 9.80 Å². The van der Waals surface area contributed by atoms with Crippen molar-refractivity contribution in [3.8, 4) is 5.75 Å². The van der Waals surface area contributed by atoms with Crippen LogP contribution in [0.2, 0.25) is 5.02 Å². The minimum atomic E-state index is -1.13. The Morgan fingerprint density at radius 2 is 1.79 bits per heavy atom. The van der Waals surface area contributed by atoms with Crippen LogP contribution in [0, 0.1) is 0 Å². The van der Waals surface area contributed by atoms with Crippen LogP contribution in [-0.2, 0) is 32.1 Å². The third-order valence-corrected chi connectivity index (χ3v) is 6.66. The maximum atomic E-state index is 13.9. The van der Waals surface area contributed by atoms with Crippen molar-refractivity contribution >= 4 is 29.4 Å². The fourth-order valence-electron chi connectivity index (χ4n) is 4.55. The molecule has 1 aliphatic rings. The number of ether oxygens (including phenoxy) is 2. The number of carboxylic acids is 1. The average molecular weight is 537 g/mol. The summed E-state index contributed by atoms with van der Waals surface area (Å²) in [5.74, 6) is -1.19. The molecule has 1 heterocycles. The van der Waals surface area contributed by atoms with E-state index in [4.69, 9.17) is 21.1 Å². The second-order valence-corrected chi connectivity index (χ2v) is 9.43. The number of halogens is 1. The summed E-state index contributed by atoms with van der Waals surface area (Å²) in [6.45, 7) is -0.393. The van der Waals surface area contributed by atoms with Gasteiger partial charge in [0, 0.05) is 18.1 Å². The zero-order valence-corrected chi connectivity index (χ0v) is 21.7. The number of morpholine rings is 1. The highest BCUT2D eigenvalue weighted by Gasteiger charge is 2.43. The maximum Gasteiger partial charge on any atom is 0.323 e. The summed E-state index contributed by atoms with van der Waals surface area (Å²) in [6, 6.07) is 23.0. The molecule has 9 heteroatoms. The predicted molar refractivity (Wildman–Crippen MR) is 142 cm³/mol. The predicted octanol–water partition coefficient (Wildman–Crippen LogP) is 3.97. The van der Waals surface area contributed by atoms with Crippen LogP contribution in [-0.4, -0.2) is 65.6 Å². The van der Waals surface area contributed by atoms with Crippen molar-refractivity contribution in [2.24, 2.45) is 0 Å². The highest BCUT2D eigenvalue weighted by atomic mass is 35.5. The monoisotopic (exact) mass is 536 g/mol. The summed E-state index contributed by atoms with van der Waals surface area (Å²) in [6.07, 6.45) is -0.638. The summed E-state index contributed by atoms with van der Waals surface area (Å²) in [7, 11) is 1.58. The second-order valence-electron chi connectivity index (χ2n) is 8.99. The number of carboxylic acid groups (broad SMARTS) is 1. The van der Waals surface area contributed by atoms with Crippen molar-refractivity contribution in [3.05, 3.63) is 101 Å². The molecule has 0 saturated carbocycles. The third kappa shape index (κ3) is 6.70. The Morgan fingerprint density at radius 1 is 1.05 bits per heavy atom. The van der Waals surface area contributed by atoms with E-state index in [-0.39, 0.29) is 25.6 Å². The first-order valence-corrected chi connectivity index (χ1v) is 12.6. The van der Waals surface area contributed by atoms with Gasteiger partial charge in [-0.25, -0.2) is 0 Å². The molecule has 0 spiro atoms. The summed E-state index contributed by atoms with van der Waals surface area (Å²) >= 11 is 6.17. The lowest BCUT2D eigenvalue weighted by atomic mass is 9.95. The van der Waals surface area contributed by atoms with Gasteiger partial charge in [0.05, 0.1) is 13.2 Å². The highest BCUT2D eigenvalue weighted by Crippen LogP contribution is 2.33. The van der Waals surface area contributed by atoms with Crippen molar-refractivity contribution in [3.63, 3.8) is 0 Å². The quantitative estimate of drug-likeness (QED) is 0.421. The molecule has 0 bridgehead atoms. The molecule has 0 aliphatic carbocycles. The number of hydrogen-bond acceptors (Lipinski definition) is 5. The zero-order chi connectivity index (χ0) is 27.1. The molecule has 0 aromatic heterocycles. The number of benzene rings is 3. The maximum absolute atomic E-state index is 13.9. The van der Waals surface area contributed by atoms with Gasteiger partial charge in [0.1, 0.15) is 18.9 Å². The number of carbonyl (C=O) groups is 3. The van der Waals surface area contributed by atoms with Crippen LogP contribution in [0.4, 0.5) is 0 Å². The van der Waals surface area contributed by atoms with Gasteiger partial charge in [0.15, 0.2) is 6.10 Å². The summed E-state index contributed by atoms with van der Waals surface area (Å²) < 4.78 is 11.0. The zero-order valence-electron chi connectivity index (χ0n) is 21.0. The first-order valence-electron chi connectivity index (χ1n) is 12.2. The minimum absolute atomic E-state index is 0.168. The fourth-order valence-corrected chi connectivity index (χ4v) is 4.76. The van der Waals surface area contributed by atoms with Gasteiger partial charge >= 0.3 is 5.97 Å². The Labute approximate surface area is 226 Å². The lowest BCUT2D eigenvalue weighted by Gasteiger charge is -2.42. The van der Waals surface area contributed by atoms with E-state index in [1.807, 2.05) is 60.7 Å². The van der Waals surface area contributed by atoms with E-state index >= 15 is 0 Å². The fraction of sp³-hybridized carbons (Fsp3) is 0.276. The molecule has 1 N–H and O–H groups in total. The smallest absolute Gasteiger partial charge is 0.323 e. The van der Waals surface area contributed by atoms with Gasteiger partial charge in [-0.2, -0.15) is 0 Å². The standard InChI is InChI=1S/C29H29ClN2O6/c1-37-24-12-10-20(11-13-24)14-15-31(18-26(34)35)29(36)28-27(22-7-3-2-4-8-22)32(25(33)19-38-28)17-21-6-5-9-23(30)16-21/h2-13,16,27-28H,14-15,17-19H2,1H3,(H,34,35)/t27-,28+/m1/s1. The Bertz CT molecular complexity index is 1270. The van der Waals surface area contributed by atoms with E-state index in [1.54, 1.807) is 30.2 Å². The molecule has 198 valence electrons. The lowest BCUT2D eigenvalue weighted by Crippen LogP contribution is -2.55. The molecule has 3 aromatic carbocycles. The summed E-state index contributed by atoms with van der Waals surface area (Å²) in [5, 5.41) is 10.1. The number of amides is 2. The number of aliphatic carboxylic acids is 1. The average Bonchev–Trinajstić information content (AvgIpc) is 2.92. The molecular weight excluding hydrogens is 508 g/mol. The van der Waals surface area contributed by atoms with Crippen molar-refractivity contribution < 1.29 is 29.0 Å². The Balaban J connectivity index is 1.62. The first kappa shape index (κ1) is 27.2. The van der Waals surface area contributed by atoms with Gasteiger partial charge in [0.2, 0.25) is 5.91 Å². The van der Waals surface area contributed by atoms with Crippen LogP contribution in [0.1, 0.15) is 22.7 Å². The van der Waals surface area contributed by atoms with Crippen LogP contribution >= 0.6 is 11.6 Å². The summed E-state index contributed by atoms with van der Waals surface area (Å²) in [5.41, 5.74) is 2.45. The Morgan fingerprint density at radius 3 is 2.45 bits per heavy atom. The molecule has 0 radical (unpaired) electrons. The van der Waals surface area contributed by atoms with Crippen LogP contribution < -0.4 is 4.74 Å². The SMILES string of the molecule is COc1ccc(CCN(CC(=O)O)C(=O)[C@H]2OCC(=O)N(Cc3cccc(Cl)c3)[C@@H]2c2ccccc2)cc1. The molecule has 2 atom stereocenters. The molecular formula is C29H29ClN2O6. The molecule has 1 fully saturated rings. The van der Waals surface area contributed by atoms with Crippen LogP contribution in [0.3, 0.4) is 0 Å². The molecule has 0 unspecified atom stereocenters. The largest absolute Gasteiger partial charge is 0.497 e. The molecule has 2 amide bonds. The molecule has 1 saturated heterocycles. The number of methoxy groups -OCH3 is 1. The van der Waals surface area contributed by atoms with Crippen LogP contribution in [0.25, 0.3) is 0 Å². The van der Waals surface area contributed by atoms with Gasteiger partial charge in [0.25, 0.3) is 5.91 Å². The van der Waals surface area contributed by atoms with E-state index in [0.29, 0.717) is 22.8 Å². The van der Waals surface area contributed by atoms with E-state index in [2.05, 4.69) is 0 Å². The van der Waals surface area contributed by atoms with Gasteiger partial charge in [-0.05, 0) is 47.4 Å². The number of nitrogens with zero attached hydrogens (tertiary/aromatic N) is 2. The Kier molecular flexibility index (Phi) is 8.99. The molecule has 3 aromatic rings. The van der Waals surface area contributed by atoms with Gasteiger partial charge in [-0.1, -0.05) is 66.2 Å². The van der Waals surface area contributed by atoms with Crippen molar-refractivity contribution in [1.29, 1.82) is 0 Å². The lowest BCUT2D eigenvalue weighted by molar-refractivity contribution is -0.171. The van der Waals surface area contributed by atoms with Gasteiger partial charge in [-0.15, -0.1) is 0 Å². The Hall–Kier alpha value is -3.88. The first-order chi connectivity index (χ1) is 18.4. The number of rotatable bonds is 10. The molecule has 38 heavy (non-hydrogen) atoms. The topological polar surface area (TPSA) is 96.4 Å². The van der Waals surface area contributed by atoms with E-state index in [0.717, 1.165) is 11.1 Å². The van der Waals surface area contributed by atoms with E-state index < -0.39 is 30.6 Å². The highest BCUT2D eigenvalue weighted by molar-refractivity contribution is 6.30. The van der Waals surface area contributed by atoms with Crippen LogP contribution in [0.5, 0.6) is 5.75 Å². The normalized spacial score (nSPS) is 17.2. The minimum Gasteiger partial charge on any atom is -0.497 e.